The average Bonchev–Trinajstić information content (AvgIpc) is 2.73. The number of aromatic nitrogens is 1. The minimum Gasteiger partial charge on any atom is -0.379 e. The third kappa shape index (κ3) is 2.46. The molecule has 0 unspecified atom stereocenters. The van der Waals surface area contributed by atoms with Gasteiger partial charge in [-0.3, -0.25) is 0 Å². The fourth-order valence-corrected chi connectivity index (χ4v) is 1.81. The molecule has 15 heavy (non-hydrogen) atoms. The van der Waals surface area contributed by atoms with Crippen molar-refractivity contribution in [2.24, 2.45) is 0 Å². The van der Waals surface area contributed by atoms with Crippen LogP contribution in [0.1, 0.15) is 12.0 Å². The van der Waals surface area contributed by atoms with E-state index >= 15 is 0 Å². The molecule has 0 saturated carbocycles. The van der Waals surface area contributed by atoms with Crippen molar-refractivity contribution in [3.05, 3.63) is 22.3 Å². The lowest BCUT2D eigenvalue weighted by atomic mass is 10.2. The third-order valence-corrected chi connectivity index (χ3v) is 2.68. The van der Waals surface area contributed by atoms with Crippen LogP contribution in [0, 0.1) is 11.3 Å². The topological polar surface area (TPSA) is 57.9 Å². The highest BCUT2D eigenvalue weighted by Gasteiger charge is 2.17. The molecule has 1 fully saturated rings. The molecule has 1 aliphatic heterocycles. The van der Waals surface area contributed by atoms with Crippen LogP contribution >= 0.6 is 15.9 Å². The van der Waals surface area contributed by atoms with Gasteiger partial charge in [0.1, 0.15) is 11.9 Å². The first-order valence-electron chi connectivity index (χ1n) is 4.69. The normalized spacial score (nSPS) is 19.9. The van der Waals surface area contributed by atoms with Gasteiger partial charge in [0.15, 0.2) is 0 Å². The van der Waals surface area contributed by atoms with Gasteiger partial charge in [-0.25, -0.2) is 4.98 Å². The molecule has 1 saturated heterocycles. The van der Waals surface area contributed by atoms with Gasteiger partial charge in [0, 0.05) is 17.3 Å². The molecule has 78 valence electrons. The number of nitriles is 1. The summed E-state index contributed by atoms with van der Waals surface area (Å²) in [6, 6.07) is 4.14. The Morgan fingerprint density at radius 2 is 2.53 bits per heavy atom. The Hall–Kier alpha value is -1.12. The fraction of sp³-hybridized carbons (Fsp3) is 0.400. The van der Waals surface area contributed by atoms with Gasteiger partial charge in [0.2, 0.25) is 0 Å². The molecule has 0 radical (unpaired) electrons. The molecule has 0 amide bonds. The molecule has 1 aromatic rings. The summed E-state index contributed by atoms with van der Waals surface area (Å²) >= 11 is 3.28. The van der Waals surface area contributed by atoms with E-state index in [0.717, 1.165) is 17.5 Å². The first-order valence-corrected chi connectivity index (χ1v) is 5.49. The molecule has 0 aliphatic carbocycles. The van der Waals surface area contributed by atoms with Crippen LogP contribution in [0.25, 0.3) is 0 Å². The summed E-state index contributed by atoms with van der Waals surface area (Å²) < 4.78 is 6.06. The lowest BCUT2D eigenvalue weighted by Gasteiger charge is -2.12. The first kappa shape index (κ1) is 10.4. The van der Waals surface area contributed by atoms with Crippen molar-refractivity contribution in [1.29, 1.82) is 5.26 Å². The van der Waals surface area contributed by atoms with Gasteiger partial charge in [0.25, 0.3) is 0 Å². The fourth-order valence-electron chi connectivity index (χ4n) is 1.48. The number of halogens is 1. The van der Waals surface area contributed by atoms with Crippen LogP contribution in [0.5, 0.6) is 0 Å². The van der Waals surface area contributed by atoms with Crippen molar-refractivity contribution in [2.75, 3.05) is 18.5 Å². The predicted octanol–water partition coefficient (Wildman–Crippen LogP) is 1.92. The number of hydrogen-bond acceptors (Lipinski definition) is 4. The number of pyridine rings is 1. The maximum Gasteiger partial charge on any atom is 0.144 e. The Kier molecular flexibility index (Phi) is 3.19. The molecule has 0 bridgehead atoms. The van der Waals surface area contributed by atoms with Crippen molar-refractivity contribution in [1.82, 2.24) is 4.98 Å². The van der Waals surface area contributed by atoms with E-state index in [0.29, 0.717) is 18.0 Å². The smallest absolute Gasteiger partial charge is 0.144 e. The van der Waals surface area contributed by atoms with Crippen LogP contribution in [0.3, 0.4) is 0 Å². The van der Waals surface area contributed by atoms with E-state index < -0.39 is 0 Å². The van der Waals surface area contributed by atoms with E-state index in [-0.39, 0.29) is 6.04 Å². The minimum absolute atomic E-state index is 0.269. The van der Waals surface area contributed by atoms with Gasteiger partial charge in [-0.2, -0.15) is 5.26 Å². The lowest BCUT2D eigenvalue weighted by molar-refractivity contribution is 0.195. The SMILES string of the molecule is N#Cc1cc(Br)cnc1N[C@H]1CCOC1. The molecule has 2 rings (SSSR count). The van der Waals surface area contributed by atoms with Crippen LogP contribution in [0.2, 0.25) is 0 Å². The number of nitrogens with one attached hydrogen (secondary N) is 1. The zero-order chi connectivity index (χ0) is 10.7. The Bertz CT molecular complexity index is 396. The number of rotatable bonds is 2. The lowest BCUT2D eigenvalue weighted by Crippen LogP contribution is -2.20. The van der Waals surface area contributed by atoms with Gasteiger partial charge in [-0.1, -0.05) is 0 Å². The third-order valence-electron chi connectivity index (χ3n) is 2.25. The van der Waals surface area contributed by atoms with Crippen molar-refractivity contribution in [3.8, 4) is 6.07 Å². The van der Waals surface area contributed by atoms with Crippen LogP contribution in [0.15, 0.2) is 16.7 Å². The molecule has 0 aromatic carbocycles. The highest BCUT2D eigenvalue weighted by atomic mass is 79.9. The second-order valence-corrected chi connectivity index (χ2v) is 4.28. The summed E-state index contributed by atoms with van der Waals surface area (Å²) in [6.45, 7) is 1.46. The molecule has 5 heteroatoms. The molecule has 1 aromatic heterocycles. The Morgan fingerprint density at radius 3 is 3.20 bits per heavy atom. The van der Waals surface area contributed by atoms with Crippen molar-refractivity contribution >= 4 is 21.7 Å². The molecule has 1 atom stereocenters. The molecule has 4 nitrogen and oxygen atoms in total. The minimum atomic E-state index is 0.269. The quantitative estimate of drug-likeness (QED) is 0.890. The van der Waals surface area contributed by atoms with Crippen LogP contribution in [-0.2, 0) is 4.74 Å². The van der Waals surface area contributed by atoms with Gasteiger partial charge in [-0.15, -0.1) is 0 Å². The number of anilines is 1. The zero-order valence-electron chi connectivity index (χ0n) is 8.03. The summed E-state index contributed by atoms with van der Waals surface area (Å²) in [5, 5.41) is 12.1. The Balaban J connectivity index is 2.16. The molecule has 1 aliphatic rings. The number of nitrogens with zero attached hydrogens (tertiary/aromatic N) is 2. The van der Waals surface area contributed by atoms with E-state index in [1.807, 2.05) is 0 Å². The van der Waals surface area contributed by atoms with E-state index in [2.05, 4.69) is 32.3 Å². The van der Waals surface area contributed by atoms with Crippen LogP contribution in [-0.4, -0.2) is 24.2 Å². The molecular weight excluding hydrogens is 258 g/mol. The maximum atomic E-state index is 8.93. The van der Waals surface area contributed by atoms with Crippen molar-refractivity contribution in [2.45, 2.75) is 12.5 Å². The molecule has 1 N–H and O–H groups in total. The molecule has 2 heterocycles. The van der Waals surface area contributed by atoms with Gasteiger partial charge < -0.3 is 10.1 Å². The predicted molar refractivity (Wildman–Crippen MR) is 59.5 cm³/mol. The summed E-state index contributed by atoms with van der Waals surface area (Å²) in [5.41, 5.74) is 0.552. The van der Waals surface area contributed by atoms with Gasteiger partial charge in [-0.05, 0) is 28.4 Å². The zero-order valence-corrected chi connectivity index (χ0v) is 9.62. The maximum absolute atomic E-state index is 8.93. The highest BCUT2D eigenvalue weighted by molar-refractivity contribution is 9.10. The Labute approximate surface area is 96.4 Å². The number of ether oxygens (including phenoxy) is 1. The summed E-state index contributed by atoms with van der Waals surface area (Å²) in [4.78, 5) is 4.18. The second-order valence-electron chi connectivity index (χ2n) is 3.37. The van der Waals surface area contributed by atoms with Crippen molar-refractivity contribution < 1.29 is 4.74 Å². The highest BCUT2D eigenvalue weighted by Crippen LogP contribution is 2.19. The molecule has 0 spiro atoms. The summed E-state index contributed by atoms with van der Waals surface area (Å²) in [7, 11) is 0. The van der Waals surface area contributed by atoms with Crippen LogP contribution < -0.4 is 5.32 Å². The average molecular weight is 268 g/mol. The Morgan fingerprint density at radius 1 is 1.67 bits per heavy atom. The van der Waals surface area contributed by atoms with Crippen molar-refractivity contribution in [3.63, 3.8) is 0 Å². The first-order chi connectivity index (χ1) is 7.29. The summed E-state index contributed by atoms with van der Waals surface area (Å²) in [5.74, 6) is 0.635. The van der Waals surface area contributed by atoms with E-state index in [1.54, 1.807) is 12.3 Å². The van der Waals surface area contributed by atoms with E-state index in [1.165, 1.54) is 0 Å². The van der Waals surface area contributed by atoms with Crippen LogP contribution in [0.4, 0.5) is 5.82 Å². The monoisotopic (exact) mass is 267 g/mol. The standard InChI is InChI=1S/C10H10BrN3O/c11-8-3-7(4-12)10(13-5-8)14-9-1-2-15-6-9/h3,5,9H,1-2,6H2,(H,13,14)/t9-/m0/s1. The molecular formula is C10H10BrN3O. The van der Waals surface area contributed by atoms with E-state index in [4.69, 9.17) is 10.00 Å². The largest absolute Gasteiger partial charge is 0.379 e. The summed E-state index contributed by atoms with van der Waals surface area (Å²) in [6.07, 6.45) is 2.64. The van der Waals surface area contributed by atoms with E-state index in [9.17, 15) is 0 Å². The van der Waals surface area contributed by atoms with Gasteiger partial charge in [0.05, 0.1) is 18.2 Å². The number of hydrogen-bond donors (Lipinski definition) is 1. The second kappa shape index (κ2) is 4.60. The van der Waals surface area contributed by atoms with Gasteiger partial charge >= 0.3 is 0 Å².